The molecule has 1 fully saturated rings. The van der Waals surface area contributed by atoms with E-state index in [1.807, 2.05) is 0 Å². The second-order valence-electron chi connectivity index (χ2n) is 4.72. The maximum atomic E-state index is 6.42. The highest BCUT2D eigenvalue weighted by Gasteiger charge is 2.27. The van der Waals surface area contributed by atoms with Gasteiger partial charge >= 0.3 is 0 Å². The van der Waals surface area contributed by atoms with Crippen molar-refractivity contribution < 1.29 is 0 Å². The first-order valence-electron chi connectivity index (χ1n) is 5.74. The number of hydrogen-bond acceptors (Lipinski definition) is 2. The molecule has 0 bridgehead atoms. The minimum atomic E-state index is 0.0113. The second kappa shape index (κ2) is 4.33. The first kappa shape index (κ1) is 10.7. The second-order valence-corrected chi connectivity index (χ2v) is 4.72. The molecule has 1 heterocycles. The fourth-order valence-corrected chi connectivity index (χ4v) is 2.29. The molecule has 2 heteroatoms. The van der Waals surface area contributed by atoms with Gasteiger partial charge in [-0.05, 0) is 50.4 Å². The molecule has 2 nitrogen and oxygen atoms in total. The fraction of sp³-hybridized carbons (Fsp3) is 0.538. The van der Waals surface area contributed by atoms with E-state index in [0.29, 0.717) is 0 Å². The zero-order valence-corrected chi connectivity index (χ0v) is 9.42. The molecule has 0 amide bonds. The number of hydrogen-bond donors (Lipinski definition) is 2. The molecule has 0 aromatic heterocycles. The van der Waals surface area contributed by atoms with E-state index in [1.54, 1.807) is 0 Å². The summed E-state index contributed by atoms with van der Waals surface area (Å²) < 4.78 is 0. The molecule has 1 aliphatic rings. The average molecular weight is 204 g/mol. The molecule has 0 atom stereocenters. The van der Waals surface area contributed by atoms with Crippen molar-refractivity contribution in [1.29, 1.82) is 0 Å². The molecular weight excluding hydrogens is 184 g/mol. The quantitative estimate of drug-likeness (QED) is 0.768. The van der Waals surface area contributed by atoms with Gasteiger partial charge in [0.05, 0.1) is 0 Å². The standard InChI is InChI=1S/C13H20N2/c1-11-4-2-3-5-12(11)10-13(14)6-8-15-9-7-13/h2-5,15H,6-10,14H2,1H3. The van der Waals surface area contributed by atoms with Gasteiger partial charge in [0.2, 0.25) is 0 Å². The maximum absolute atomic E-state index is 6.42. The van der Waals surface area contributed by atoms with Gasteiger partial charge in [-0.15, -0.1) is 0 Å². The zero-order valence-electron chi connectivity index (χ0n) is 9.42. The molecule has 1 aromatic rings. The van der Waals surface area contributed by atoms with Crippen LogP contribution in [-0.4, -0.2) is 18.6 Å². The molecule has 15 heavy (non-hydrogen) atoms. The molecular formula is C13H20N2. The molecule has 0 unspecified atom stereocenters. The summed E-state index contributed by atoms with van der Waals surface area (Å²) in [4.78, 5) is 0. The van der Waals surface area contributed by atoms with Crippen molar-refractivity contribution in [3.05, 3.63) is 35.4 Å². The highest BCUT2D eigenvalue weighted by molar-refractivity contribution is 5.27. The van der Waals surface area contributed by atoms with Gasteiger partial charge in [-0.2, -0.15) is 0 Å². The lowest BCUT2D eigenvalue weighted by Crippen LogP contribution is -2.50. The summed E-state index contributed by atoms with van der Waals surface area (Å²) >= 11 is 0. The van der Waals surface area contributed by atoms with Crippen LogP contribution in [0.25, 0.3) is 0 Å². The van der Waals surface area contributed by atoms with Crippen LogP contribution in [0.1, 0.15) is 24.0 Å². The molecule has 82 valence electrons. The number of nitrogens with one attached hydrogen (secondary N) is 1. The number of rotatable bonds is 2. The van der Waals surface area contributed by atoms with E-state index < -0.39 is 0 Å². The van der Waals surface area contributed by atoms with Crippen molar-refractivity contribution in [3.8, 4) is 0 Å². The zero-order chi connectivity index (χ0) is 10.7. The van der Waals surface area contributed by atoms with E-state index in [9.17, 15) is 0 Å². The van der Waals surface area contributed by atoms with Gasteiger partial charge in [-0.25, -0.2) is 0 Å². The molecule has 0 spiro atoms. The number of piperidine rings is 1. The first-order chi connectivity index (χ1) is 7.20. The minimum Gasteiger partial charge on any atom is -0.325 e. The molecule has 3 N–H and O–H groups in total. The van der Waals surface area contributed by atoms with Crippen molar-refractivity contribution in [3.63, 3.8) is 0 Å². The largest absolute Gasteiger partial charge is 0.325 e. The van der Waals surface area contributed by atoms with Crippen LogP contribution in [0.15, 0.2) is 24.3 Å². The van der Waals surface area contributed by atoms with Crippen molar-refractivity contribution in [2.45, 2.75) is 31.7 Å². The Morgan fingerprint density at radius 1 is 1.27 bits per heavy atom. The van der Waals surface area contributed by atoms with E-state index in [-0.39, 0.29) is 5.54 Å². The predicted octanol–water partition coefficient (Wildman–Crippen LogP) is 1.62. The van der Waals surface area contributed by atoms with Crippen molar-refractivity contribution in [2.24, 2.45) is 5.73 Å². The predicted molar refractivity (Wildman–Crippen MR) is 63.9 cm³/mol. The van der Waals surface area contributed by atoms with Crippen LogP contribution in [0.4, 0.5) is 0 Å². The SMILES string of the molecule is Cc1ccccc1CC1(N)CCNCC1. The summed E-state index contributed by atoms with van der Waals surface area (Å²) in [6.07, 6.45) is 3.18. The number of benzene rings is 1. The molecule has 0 radical (unpaired) electrons. The van der Waals surface area contributed by atoms with E-state index in [1.165, 1.54) is 11.1 Å². The van der Waals surface area contributed by atoms with Gasteiger partial charge in [0.15, 0.2) is 0 Å². The highest BCUT2D eigenvalue weighted by Crippen LogP contribution is 2.22. The normalized spacial score (nSPS) is 20.1. The van der Waals surface area contributed by atoms with Crippen LogP contribution >= 0.6 is 0 Å². The van der Waals surface area contributed by atoms with Crippen LogP contribution in [-0.2, 0) is 6.42 Å². The van der Waals surface area contributed by atoms with Crippen LogP contribution in [0.2, 0.25) is 0 Å². The summed E-state index contributed by atoms with van der Waals surface area (Å²) in [6, 6.07) is 8.56. The maximum Gasteiger partial charge on any atom is 0.0219 e. The van der Waals surface area contributed by atoms with E-state index in [4.69, 9.17) is 5.73 Å². The third kappa shape index (κ3) is 2.58. The molecule has 1 aromatic carbocycles. The van der Waals surface area contributed by atoms with Gasteiger partial charge in [0.25, 0.3) is 0 Å². The van der Waals surface area contributed by atoms with Crippen LogP contribution in [0.3, 0.4) is 0 Å². The Hall–Kier alpha value is -0.860. The van der Waals surface area contributed by atoms with Gasteiger partial charge < -0.3 is 11.1 Å². The number of aryl methyl sites for hydroxylation is 1. The molecule has 0 saturated carbocycles. The van der Waals surface area contributed by atoms with E-state index >= 15 is 0 Å². The fourth-order valence-electron chi connectivity index (χ4n) is 2.29. The third-order valence-electron chi connectivity index (χ3n) is 3.40. The number of nitrogens with two attached hydrogens (primary N) is 1. The monoisotopic (exact) mass is 204 g/mol. The summed E-state index contributed by atoms with van der Waals surface area (Å²) in [5.74, 6) is 0. The molecule has 2 rings (SSSR count). The Labute approximate surface area is 91.9 Å². The lowest BCUT2D eigenvalue weighted by atomic mass is 9.82. The topological polar surface area (TPSA) is 38.0 Å². The van der Waals surface area contributed by atoms with Crippen molar-refractivity contribution >= 4 is 0 Å². The summed E-state index contributed by atoms with van der Waals surface area (Å²) in [6.45, 7) is 4.28. The van der Waals surface area contributed by atoms with E-state index in [0.717, 1.165) is 32.4 Å². The minimum absolute atomic E-state index is 0.0113. The van der Waals surface area contributed by atoms with Gasteiger partial charge in [0.1, 0.15) is 0 Å². The van der Waals surface area contributed by atoms with Crippen molar-refractivity contribution in [2.75, 3.05) is 13.1 Å². The van der Waals surface area contributed by atoms with Gasteiger partial charge in [-0.1, -0.05) is 24.3 Å². The van der Waals surface area contributed by atoms with Crippen LogP contribution in [0, 0.1) is 6.92 Å². The lowest BCUT2D eigenvalue weighted by Gasteiger charge is -2.34. The molecule has 1 aliphatic heterocycles. The smallest absolute Gasteiger partial charge is 0.0219 e. The summed E-state index contributed by atoms with van der Waals surface area (Å²) in [5.41, 5.74) is 9.20. The Kier molecular flexibility index (Phi) is 3.08. The van der Waals surface area contributed by atoms with Gasteiger partial charge in [0, 0.05) is 5.54 Å². The lowest BCUT2D eigenvalue weighted by molar-refractivity contribution is 0.308. The third-order valence-corrected chi connectivity index (χ3v) is 3.40. The van der Waals surface area contributed by atoms with Crippen molar-refractivity contribution in [1.82, 2.24) is 5.32 Å². The Morgan fingerprint density at radius 3 is 2.60 bits per heavy atom. The van der Waals surface area contributed by atoms with Gasteiger partial charge in [-0.3, -0.25) is 0 Å². The van der Waals surface area contributed by atoms with E-state index in [2.05, 4.69) is 36.5 Å². The van der Waals surface area contributed by atoms with Crippen LogP contribution in [0.5, 0.6) is 0 Å². The van der Waals surface area contributed by atoms with Crippen LogP contribution < -0.4 is 11.1 Å². The molecule has 0 aliphatic carbocycles. The average Bonchev–Trinajstić information content (AvgIpc) is 2.22. The Balaban J connectivity index is 2.10. The Morgan fingerprint density at radius 2 is 1.93 bits per heavy atom. The highest BCUT2D eigenvalue weighted by atomic mass is 14.9. The molecule has 1 saturated heterocycles. The first-order valence-corrected chi connectivity index (χ1v) is 5.74. The summed E-state index contributed by atoms with van der Waals surface area (Å²) in [7, 11) is 0. The Bertz CT molecular complexity index is 327. The summed E-state index contributed by atoms with van der Waals surface area (Å²) in [5, 5.41) is 3.36.